The van der Waals surface area contributed by atoms with Crippen LogP contribution in [0.1, 0.15) is 5.56 Å². The van der Waals surface area contributed by atoms with Gasteiger partial charge in [0.25, 0.3) is 0 Å². The molecule has 26 heavy (non-hydrogen) atoms. The molecule has 0 aliphatic carbocycles. The predicted molar refractivity (Wildman–Crippen MR) is 100 cm³/mol. The lowest BCUT2D eigenvalue weighted by Crippen LogP contribution is -2.40. The number of hydrogen-bond acceptors (Lipinski definition) is 4. The minimum Gasteiger partial charge on any atom is -0.486 e. The Hall–Kier alpha value is -3.34. The van der Waals surface area contributed by atoms with E-state index in [1.165, 1.54) is 6.08 Å². The lowest BCUT2D eigenvalue weighted by molar-refractivity contribution is -0.116. The van der Waals surface area contributed by atoms with Gasteiger partial charge in [0, 0.05) is 23.2 Å². The van der Waals surface area contributed by atoms with Crippen molar-refractivity contribution in [1.29, 1.82) is 0 Å². The second-order valence-corrected chi connectivity index (χ2v) is 6.00. The first-order valence-electron chi connectivity index (χ1n) is 8.48. The van der Waals surface area contributed by atoms with Crippen LogP contribution in [-0.2, 0) is 4.79 Å². The predicted octanol–water partition coefficient (Wildman–Crippen LogP) is 3.20. The van der Waals surface area contributed by atoms with Gasteiger partial charge in [0.05, 0.1) is 12.1 Å². The molecule has 0 radical (unpaired) electrons. The van der Waals surface area contributed by atoms with Crippen LogP contribution in [-0.4, -0.2) is 30.1 Å². The second-order valence-electron chi connectivity index (χ2n) is 6.00. The van der Waals surface area contributed by atoms with Crippen molar-refractivity contribution in [3.8, 4) is 11.5 Å². The van der Waals surface area contributed by atoms with Crippen molar-refractivity contribution < 1.29 is 14.3 Å². The number of rotatable bonds is 4. The van der Waals surface area contributed by atoms with E-state index in [9.17, 15) is 4.79 Å². The number of para-hydroxylation sites is 3. The number of ether oxygens (including phenoxy) is 2. The first-order chi connectivity index (χ1) is 12.8. The van der Waals surface area contributed by atoms with Crippen LogP contribution in [0.3, 0.4) is 0 Å². The number of nitrogens with one attached hydrogen (secondary N) is 1. The highest BCUT2D eigenvalue weighted by atomic mass is 16.6. The number of carbonyl (C=O) groups is 1. The molecule has 0 saturated carbocycles. The zero-order chi connectivity index (χ0) is 17.8. The largest absolute Gasteiger partial charge is 0.486 e. The summed E-state index contributed by atoms with van der Waals surface area (Å²) in [4.78, 5) is 16.5. The summed E-state index contributed by atoms with van der Waals surface area (Å²) in [5.74, 6) is 1.26. The van der Waals surface area contributed by atoms with Gasteiger partial charge >= 0.3 is 0 Å². The fourth-order valence-corrected chi connectivity index (χ4v) is 2.86. The molecule has 0 bridgehead atoms. The molecule has 0 saturated heterocycles. The van der Waals surface area contributed by atoms with Gasteiger partial charge in [0.2, 0.25) is 5.91 Å². The smallest absolute Gasteiger partial charge is 0.244 e. The Kier molecular flexibility index (Phi) is 4.51. The molecule has 2 aromatic carbocycles. The number of hydrogen-bond donors (Lipinski definition) is 1. The van der Waals surface area contributed by atoms with E-state index in [0.717, 1.165) is 22.2 Å². The highest BCUT2D eigenvalue weighted by Crippen LogP contribution is 2.30. The summed E-state index contributed by atoms with van der Waals surface area (Å²) in [6, 6.07) is 17.3. The molecule has 1 N–H and O–H groups in total. The monoisotopic (exact) mass is 346 g/mol. The van der Waals surface area contributed by atoms with E-state index in [1.54, 1.807) is 12.3 Å². The zero-order valence-corrected chi connectivity index (χ0v) is 14.1. The molecule has 1 aliphatic rings. The normalized spacial score (nSPS) is 15.9. The lowest BCUT2D eigenvalue weighted by Gasteiger charge is -2.26. The third-order valence-corrected chi connectivity index (χ3v) is 4.15. The van der Waals surface area contributed by atoms with E-state index >= 15 is 0 Å². The molecule has 130 valence electrons. The van der Waals surface area contributed by atoms with Crippen LogP contribution in [0.2, 0.25) is 0 Å². The molecule has 0 spiro atoms. The zero-order valence-electron chi connectivity index (χ0n) is 14.1. The minimum absolute atomic E-state index is 0.180. The fraction of sp³-hybridized carbons (Fsp3) is 0.143. The number of aromatic nitrogens is 1. The number of carbonyl (C=O) groups excluding carboxylic acids is 1. The van der Waals surface area contributed by atoms with Crippen LogP contribution >= 0.6 is 0 Å². The van der Waals surface area contributed by atoms with Crippen LogP contribution in [0.5, 0.6) is 11.5 Å². The van der Waals surface area contributed by atoms with Gasteiger partial charge in [0.15, 0.2) is 11.5 Å². The van der Waals surface area contributed by atoms with Crippen molar-refractivity contribution in [2.24, 2.45) is 0 Å². The van der Waals surface area contributed by atoms with Crippen LogP contribution in [0.25, 0.3) is 17.0 Å². The molecule has 1 aliphatic heterocycles. The Morgan fingerprint density at radius 1 is 1.12 bits per heavy atom. The van der Waals surface area contributed by atoms with Gasteiger partial charge in [-0.05, 0) is 24.3 Å². The van der Waals surface area contributed by atoms with E-state index in [2.05, 4.69) is 10.3 Å². The number of pyridine rings is 1. The highest BCUT2D eigenvalue weighted by molar-refractivity contribution is 5.95. The van der Waals surface area contributed by atoms with Crippen molar-refractivity contribution in [2.75, 3.05) is 13.2 Å². The second kappa shape index (κ2) is 7.27. The lowest BCUT2D eigenvalue weighted by atomic mass is 10.1. The van der Waals surface area contributed by atoms with Crippen LogP contribution in [0.4, 0.5) is 0 Å². The average molecular weight is 346 g/mol. The van der Waals surface area contributed by atoms with E-state index in [1.807, 2.05) is 54.6 Å². The third-order valence-electron chi connectivity index (χ3n) is 4.15. The highest BCUT2D eigenvalue weighted by Gasteiger charge is 2.20. The van der Waals surface area contributed by atoms with Crippen LogP contribution in [0, 0.1) is 0 Å². The maximum absolute atomic E-state index is 12.1. The first-order valence-corrected chi connectivity index (χ1v) is 8.48. The molecule has 1 aromatic heterocycles. The molecule has 5 heteroatoms. The van der Waals surface area contributed by atoms with E-state index in [4.69, 9.17) is 9.47 Å². The third kappa shape index (κ3) is 3.52. The number of fused-ring (bicyclic) bond motifs is 2. The summed E-state index contributed by atoms with van der Waals surface area (Å²) < 4.78 is 11.5. The number of nitrogens with zero attached hydrogens (tertiary/aromatic N) is 1. The molecule has 1 atom stereocenters. The van der Waals surface area contributed by atoms with Gasteiger partial charge in [-0.2, -0.15) is 0 Å². The van der Waals surface area contributed by atoms with E-state index < -0.39 is 0 Å². The molecular formula is C21H18N2O3. The Bertz CT molecular complexity index is 963. The van der Waals surface area contributed by atoms with Gasteiger partial charge in [-0.3, -0.25) is 9.78 Å². The molecule has 4 rings (SSSR count). The topological polar surface area (TPSA) is 60.5 Å². The summed E-state index contributed by atoms with van der Waals surface area (Å²) in [5, 5.41) is 3.89. The van der Waals surface area contributed by atoms with E-state index in [0.29, 0.717) is 18.9 Å². The summed E-state index contributed by atoms with van der Waals surface area (Å²) in [6.07, 6.45) is 4.83. The van der Waals surface area contributed by atoms with Crippen molar-refractivity contribution >= 4 is 22.9 Å². The molecule has 5 nitrogen and oxygen atoms in total. The Morgan fingerprint density at radius 2 is 1.96 bits per heavy atom. The minimum atomic E-state index is -0.207. The SMILES string of the molecule is O=C(/C=C/c1cccc2cccnc12)NCC1COc2ccccc2O1. The van der Waals surface area contributed by atoms with Crippen molar-refractivity contribution in [3.63, 3.8) is 0 Å². The molecule has 1 amide bonds. The van der Waals surface area contributed by atoms with Gasteiger partial charge in [0.1, 0.15) is 12.7 Å². The maximum Gasteiger partial charge on any atom is 0.244 e. The summed E-state index contributed by atoms with van der Waals surface area (Å²) in [5.41, 5.74) is 1.78. The number of amides is 1. The maximum atomic E-state index is 12.1. The summed E-state index contributed by atoms with van der Waals surface area (Å²) >= 11 is 0. The van der Waals surface area contributed by atoms with Crippen LogP contribution < -0.4 is 14.8 Å². The summed E-state index contributed by atoms with van der Waals surface area (Å²) in [7, 11) is 0. The van der Waals surface area contributed by atoms with Crippen molar-refractivity contribution in [2.45, 2.75) is 6.10 Å². The molecule has 2 heterocycles. The Labute approximate surface area is 151 Å². The van der Waals surface area contributed by atoms with Crippen LogP contribution in [0.15, 0.2) is 66.9 Å². The van der Waals surface area contributed by atoms with Crippen molar-refractivity contribution in [3.05, 3.63) is 72.4 Å². The molecule has 3 aromatic rings. The molecule has 1 unspecified atom stereocenters. The Morgan fingerprint density at radius 3 is 2.88 bits per heavy atom. The van der Waals surface area contributed by atoms with Gasteiger partial charge in [-0.25, -0.2) is 0 Å². The van der Waals surface area contributed by atoms with Gasteiger partial charge in [-0.1, -0.05) is 36.4 Å². The van der Waals surface area contributed by atoms with Gasteiger partial charge in [-0.15, -0.1) is 0 Å². The molecular weight excluding hydrogens is 328 g/mol. The number of benzene rings is 2. The standard InChI is InChI=1S/C21H18N2O3/c24-20(11-10-16-6-3-5-15-7-4-12-22-21(15)16)23-13-17-14-25-18-8-1-2-9-19(18)26-17/h1-12,17H,13-14H2,(H,23,24)/b11-10+. The summed E-state index contributed by atoms with van der Waals surface area (Å²) in [6.45, 7) is 0.791. The molecule has 0 fully saturated rings. The average Bonchev–Trinajstić information content (AvgIpc) is 2.70. The fourth-order valence-electron chi connectivity index (χ4n) is 2.86. The van der Waals surface area contributed by atoms with E-state index in [-0.39, 0.29) is 12.0 Å². The quantitative estimate of drug-likeness (QED) is 0.737. The van der Waals surface area contributed by atoms with Crippen molar-refractivity contribution in [1.82, 2.24) is 10.3 Å². The van der Waals surface area contributed by atoms with Gasteiger partial charge < -0.3 is 14.8 Å². The first kappa shape index (κ1) is 16.1. The Balaban J connectivity index is 1.36.